The summed E-state index contributed by atoms with van der Waals surface area (Å²) >= 11 is 0. The Morgan fingerprint density at radius 1 is 1.04 bits per heavy atom. The van der Waals surface area contributed by atoms with Gasteiger partial charge in [-0.3, -0.25) is 4.79 Å². The molecule has 1 amide bonds. The minimum absolute atomic E-state index is 0.214. The Morgan fingerprint density at radius 3 is 1.83 bits per heavy atom. The molecule has 1 saturated heterocycles. The number of hydrogen-bond acceptors (Lipinski definition) is 4. The van der Waals surface area contributed by atoms with Crippen molar-refractivity contribution in [1.82, 2.24) is 0 Å². The third-order valence-electron chi connectivity index (χ3n) is 5.04. The van der Waals surface area contributed by atoms with Crippen LogP contribution in [0, 0.1) is 16.7 Å². The van der Waals surface area contributed by atoms with Crippen LogP contribution < -0.4 is 5.84 Å². The lowest BCUT2D eigenvalue weighted by Crippen LogP contribution is -2.81. The second-order valence-electron chi connectivity index (χ2n) is 7.60. The summed E-state index contributed by atoms with van der Waals surface area (Å²) in [5, 5.41) is 9.76. The molecule has 1 heterocycles. The highest BCUT2D eigenvalue weighted by atomic mass is 16.2. The minimum atomic E-state index is -1.16. The number of piperidine rings is 1. The maximum Gasteiger partial charge on any atom is 0.358 e. The first-order valence-electron chi connectivity index (χ1n) is 7.87. The highest BCUT2D eigenvalue weighted by molar-refractivity contribution is 5.97. The van der Waals surface area contributed by atoms with Crippen LogP contribution in [0.25, 0.3) is 0 Å². The predicted molar refractivity (Wildman–Crippen MR) is 89.5 cm³/mol. The van der Waals surface area contributed by atoms with Crippen LogP contribution in [0.5, 0.6) is 0 Å². The molecule has 0 aliphatic carbocycles. The van der Waals surface area contributed by atoms with Crippen molar-refractivity contribution >= 4 is 11.7 Å². The molecule has 0 unspecified atom stereocenters. The van der Waals surface area contributed by atoms with Crippen molar-refractivity contribution < 1.29 is 14.2 Å². The Kier molecular flexibility index (Phi) is 5.05. The Bertz CT molecular complexity index is 588. The highest BCUT2D eigenvalue weighted by Gasteiger charge is 2.67. The standard InChI is InChI=1S/C18H28N3O2/c1-7-9-14(22)18(13-19)11-16(3,4)21(20,15(23)10-8-2)17(5,6)12-18/h7-10H,11-12,20H2,1-6H3/q+1. The van der Waals surface area contributed by atoms with E-state index in [1.807, 2.05) is 27.7 Å². The van der Waals surface area contributed by atoms with Gasteiger partial charge in [0.2, 0.25) is 0 Å². The molecule has 1 aliphatic heterocycles. The van der Waals surface area contributed by atoms with Gasteiger partial charge in [-0.15, -0.1) is 0 Å². The van der Waals surface area contributed by atoms with Crippen LogP contribution in [0.15, 0.2) is 24.3 Å². The van der Waals surface area contributed by atoms with Gasteiger partial charge in [-0.05, 0) is 47.6 Å². The first kappa shape index (κ1) is 19.3. The van der Waals surface area contributed by atoms with Crippen molar-refractivity contribution in [2.75, 3.05) is 0 Å². The third-order valence-corrected chi connectivity index (χ3v) is 5.04. The summed E-state index contributed by atoms with van der Waals surface area (Å²) in [5.41, 5.74) is -2.67. The van der Waals surface area contributed by atoms with E-state index >= 15 is 0 Å². The lowest BCUT2D eigenvalue weighted by molar-refractivity contribution is -0.964. The molecule has 23 heavy (non-hydrogen) atoms. The first-order valence-corrected chi connectivity index (χ1v) is 7.87. The highest BCUT2D eigenvalue weighted by Crippen LogP contribution is 2.51. The number of carbonyl (C=O) groups excluding carboxylic acids is 2. The van der Waals surface area contributed by atoms with Gasteiger partial charge in [0.15, 0.2) is 5.78 Å². The number of hydrogen-bond donors (Lipinski definition) is 1. The molecular formula is C18H28N3O2+. The van der Waals surface area contributed by atoms with Crippen molar-refractivity contribution in [3.05, 3.63) is 24.3 Å². The molecule has 2 N–H and O–H groups in total. The normalized spacial score (nSPS) is 32.8. The molecule has 0 bridgehead atoms. The van der Waals surface area contributed by atoms with Gasteiger partial charge in [0.1, 0.15) is 16.5 Å². The van der Waals surface area contributed by atoms with Gasteiger partial charge in [-0.2, -0.15) is 15.7 Å². The summed E-state index contributed by atoms with van der Waals surface area (Å²) in [4.78, 5) is 25.3. The monoisotopic (exact) mass is 318 g/mol. The zero-order valence-electron chi connectivity index (χ0n) is 15.0. The Morgan fingerprint density at radius 2 is 1.48 bits per heavy atom. The molecule has 1 fully saturated rings. The second-order valence-corrected chi connectivity index (χ2v) is 7.60. The average Bonchev–Trinajstić information content (AvgIpc) is 2.43. The molecule has 5 heteroatoms. The van der Waals surface area contributed by atoms with E-state index in [2.05, 4.69) is 6.07 Å². The maximum atomic E-state index is 12.7. The van der Waals surface area contributed by atoms with E-state index in [0.717, 1.165) is 0 Å². The number of amides is 1. The second kappa shape index (κ2) is 6.03. The number of nitriles is 1. The average molecular weight is 318 g/mol. The van der Waals surface area contributed by atoms with Crippen LogP contribution in [0.2, 0.25) is 0 Å². The topological polar surface area (TPSA) is 83.9 Å². The molecule has 126 valence electrons. The molecule has 5 nitrogen and oxygen atoms in total. The zero-order chi connectivity index (χ0) is 18.1. The van der Waals surface area contributed by atoms with E-state index in [4.69, 9.17) is 5.84 Å². The van der Waals surface area contributed by atoms with E-state index in [-0.39, 0.29) is 29.1 Å². The molecule has 0 atom stereocenters. The SMILES string of the molecule is CC=CC(=O)C1(C#N)CC(C)(C)[N+](N)(C(=O)C=CC)C(C)(C)C1. The van der Waals surface area contributed by atoms with Crippen molar-refractivity contribution in [3.8, 4) is 6.07 Å². The number of nitrogens with zero attached hydrogens (tertiary/aromatic N) is 2. The number of quaternary nitrogens is 1. The van der Waals surface area contributed by atoms with E-state index in [0.29, 0.717) is 0 Å². The van der Waals surface area contributed by atoms with Crippen LogP contribution in [0.3, 0.4) is 0 Å². The number of rotatable bonds is 3. The number of allylic oxidation sites excluding steroid dienone is 3. The number of nitrogens with two attached hydrogens (primary N) is 1. The summed E-state index contributed by atoms with van der Waals surface area (Å²) in [6.45, 7) is 10.9. The number of carbonyl (C=O) groups is 2. The molecule has 0 aromatic rings. The van der Waals surface area contributed by atoms with Gasteiger partial charge < -0.3 is 0 Å². The molecule has 0 saturated carbocycles. The predicted octanol–water partition coefficient (Wildman–Crippen LogP) is 2.79. The quantitative estimate of drug-likeness (QED) is 0.375. The van der Waals surface area contributed by atoms with Gasteiger partial charge in [-0.1, -0.05) is 12.2 Å². The summed E-state index contributed by atoms with van der Waals surface area (Å²) in [6, 6.07) is 2.23. The molecule has 0 spiro atoms. The largest absolute Gasteiger partial charge is 0.358 e. The van der Waals surface area contributed by atoms with Crippen LogP contribution in [0.4, 0.5) is 0 Å². The fourth-order valence-electron chi connectivity index (χ4n) is 4.08. The third kappa shape index (κ3) is 2.77. The van der Waals surface area contributed by atoms with Crippen LogP contribution in [0.1, 0.15) is 54.4 Å². The summed E-state index contributed by atoms with van der Waals surface area (Å²) < 4.78 is -0.323. The van der Waals surface area contributed by atoms with Crippen molar-refractivity contribution in [1.29, 1.82) is 5.26 Å². The van der Waals surface area contributed by atoms with Gasteiger partial charge in [0.05, 0.1) is 6.07 Å². The Hall–Kier alpha value is -1.77. The number of likely N-dealkylation sites (tertiary alicyclic amines) is 1. The lowest BCUT2D eigenvalue weighted by Gasteiger charge is -2.58. The summed E-state index contributed by atoms with van der Waals surface area (Å²) in [7, 11) is 0. The molecule has 0 aromatic heterocycles. The zero-order valence-corrected chi connectivity index (χ0v) is 15.0. The van der Waals surface area contributed by atoms with E-state index in [1.54, 1.807) is 26.0 Å². The fraction of sp³-hybridized carbons (Fsp3) is 0.611. The Balaban J connectivity index is 3.53. The first-order chi connectivity index (χ1) is 10.4. The molecular weight excluding hydrogens is 290 g/mol. The van der Waals surface area contributed by atoms with Gasteiger partial charge in [0, 0.05) is 18.9 Å². The van der Waals surface area contributed by atoms with E-state index < -0.39 is 16.5 Å². The molecule has 1 aliphatic rings. The molecule has 1 rings (SSSR count). The summed E-state index contributed by atoms with van der Waals surface area (Å²) in [5.74, 6) is 6.16. The lowest BCUT2D eigenvalue weighted by atomic mass is 9.62. The number of ketones is 1. The Labute approximate surface area is 139 Å². The fourth-order valence-corrected chi connectivity index (χ4v) is 4.08. The summed E-state index contributed by atoms with van der Waals surface area (Å²) in [6.07, 6.45) is 6.70. The van der Waals surface area contributed by atoms with E-state index in [1.165, 1.54) is 12.2 Å². The maximum absolute atomic E-state index is 12.7. The van der Waals surface area contributed by atoms with Crippen LogP contribution >= 0.6 is 0 Å². The van der Waals surface area contributed by atoms with Crippen molar-refractivity contribution in [2.24, 2.45) is 11.3 Å². The van der Waals surface area contributed by atoms with Gasteiger partial charge in [-0.25, -0.2) is 4.79 Å². The molecule has 0 aromatic carbocycles. The van der Waals surface area contributed by atoms with Crippen molar-refractivity contribution in [2.45, 2.75) is 65.5 Å². The van der Waals surface area contributed by atoms with Gasteiger partial charge in [0.25, 0.3) is 0 Å². The van der Waals surface area contributed by atoms with E-state index in [9.17, 15) is 14.9 Å². The van der Waals surface area contributed by atoms with Crippen molar-refractivity contribution in [3.63, 3.8) is 0 Å². The van der Waals surface area contributed by atoms with Gasteiger partial charge >= 0.3 is 5.91 Å². The van der Waals surface area contributed by atoms with Crippen LogP contribution in [-0.4, -0.2) is 27.4 Å². The molecule has 0 radical (unpaired) electrons. The van der Waals surface area contributed by atoms with Crippen LogP contribution in [-0.2, 0) is 9.59 Å². The minimum Gasteiger partial charge on any atom is -0.293 e. The smallest absolute Gasteiger partial charge is 0.293 e.